The van der Waals surface area contributed by atoms with E-state index in [1.807, 2.05) is 20.8 Å². The van der Waals surface area contributed by atoms with E-state index in [4.69, 9.17) is 5.11 Å². The number of carboxylic acid groups (broad SMARTS) is 1. The first-order valence-corrected chi connectivity index (χ1v) is 6.86. The molecule has 2 N–H and O–H groups in total. The lowest BCUT2D eigenvalue weighted by molar-refractivity contribution is -0.140. The molecule has 0 aliphatic carbocycles. The highest BCUT2D eigenvalue weighted by atomic mass is 16.4. The topological polar surface area (TPSA) is 83.5 Å². The van der Waals surface area contributed by atoms with Crippen molar-refractivity contribution in [2.75, 3.05) is 0 Å². The number of carboxylic acids is 1. The fourth-order valence-electron chi connectivity index (χ4n) is 2.23. The summed E-state index contributed by atoms with van der Waals surface area (Å²) in [7, 11) is 0. The first-order chi connectivity index (χ1) is 8.82. The fourth-order valence-corrected chi connectivity index (χ4v) is 2.23. The number of rotatable bonds is 10. The Hall–Kier alpha value is -1.23. The van der Waals surface area contributed by atoms with Crippen LogP contribution >= 0.6 is 0 Å². The summed E-state index contributed by atoms with van der Waals surface area (Å²) in [5.74, 6) is -1.23. The third kappa shape index (κ3) is 5.11. The van der Waals surface area contributed by atoms with Crippen LogP contribution in [0, 0.1) is 0 Å². The van der Waals surface area contributed by atoms with E-state index in [1.165, 1.54) is 6.92 Å². The number of nitrogens with one attached hydrogen (secondary N) is 1. The summed E-state index contributed by atoms with van der Waals surface area (Å²) in [4.78, 5) is 34.7. The molecule has 19 heavy (non-hydrogen) atoms. The second-order valence-corrected chi connectivity index (χ2v) is 4.86. The molecule has 0 fully saturated rings. The predicted molar refractivity (Wildman–Crippen MR) is 73.1 cm³/mol. The summed E-state index contributed by atoms with van der Waals surface area (Å²) in [6.45, 7) is 7.07. The van der Waals surface area contributed by atoms with Crippen LogP contribution in [0.3, 0.4) is 0 Å². The van der Waals surface area contributed by atoms with Crippen molar-refractivity contribution in [2.45, 2.75) is 71.4 Å². The molecule has 0 saturated carbocycles. The van der Waals surface area contributed by atoms with E-state index in [-0.39, 0.29) is 18.0 Å². The summed E-state index contributed by atoms with van der Waals surface area (Å²) >= 11 is 0. The number of carbonyl (C=O) groups is 3. The lowest BCUT2D eigenvalue weighted by atomic mass is 9.86. The Morgan fingerprint density at radius 1 is 1.16 bits per heavy atom. The second-order valence-electron chi connectivity index (χ2n) is 4.86. The molecule has 0 aromatic heterocycles. The molecule has 110 valence electrons. The van der Waals surface area contributed by atoms with Gasteiger partial charge >= 0.3 is 5.97 Å². The second kappa shape index (κ2) is 8.04. The van der Waals surface area contributed by atoms with Crippen LogP contribution in [0.15, 0.2) is 0 Å². The molecular formula is C14H25NO4. The van der Waals surface area contributed by atoms with Crippen molar-refractivity contribution in [2.24, 2.45) is 0 Å². The smallest absolute Gasteiger partial charge is 0.305 e. The molecule has 0 unspecified atom stereocenters. The maximum Gasteiger partial charge on any atom is 0.305 e. The molecule has 0 aromatic carbocycles. The molecule has 0 radical (unpaired) electrons. The standard InChI is InChI=1S/C14H25NO4/c1-5-8-12(17)11(9-13(18)19)15-14(6-2,7-3)10(4)16/h11,15H,5-9H2,1-4H3,(H,18,19)/t11-/m0/s1. The Labute approximate surface area is 114 Å². The molecule has 5 heteroatoms. The van der Waals surface area contributed by atoms with Gasteiger partial charge in [0.15, 0.2) is 0 Å². The number of hydrogen-bond acceptors (Lipinski definition) is 4. The van der Waals surface area contributed by atoms with E-state index in [1.54, 1.807) is 0 Å². The van der Waals surface area contributed by atoms with Crippen LogP contribution in [-0.2, 0) is 14.4 Å². The van der Waals surface area contributed by atoms with Crippen LogP contribution in [0.1, 0.15) is 59.8 Å². The van der Waals surface area contributed by atoms with Crippen LogP contribution < -0.4 is 5.32 Å². The lowest BCUT2D eigenvalue weighted by Crippen LogP contribution is -2.57. The highest BCUT2D eigenvalue weighted by Crippen LogP contribution is 2.19. The Kier molecular flexibility index (Phi) is 7.52. The van der Waals surface area contributed by atoms with Gasteiger partial charge in [-0.1, -0.05) is 20.8 Å². The summed E-state index contributed by atoms with van der Waals surface area (Å²) < 4.78 is 0. The van der Waals surface area contributed by atoms with Crippen molar-refractivity contribution < 1.29 is 19.5 Å². The average Bonchev–Trinajstić information content (AvgIpc) is 2.34. The van der Waals surface area contributed by atoms with Gasteiger partial charge in [-0.15, -0.1) is 0 Å². The molecule has 0 saturated heterocycles. The van der Waals surface area contributed by atoms with Crippen molar-refractivity contribution >= 4 is 17.5 Å². The number of Topliss-reactive ketones (excluding diaryl/α,β-unsaturated/α-hetero) is 2. The van der Waals surface area contributed by atoms with Crippen molar-refractivity contribution in [3.05, 3.63) is 0 Å². The highest BCUT2D eigenvalue weighted by Gasteiger charge is 2.36. The van der Waals surface area contributed by atoms with Gasteiger partial charge in [-0.05, 0) is 26.2 Å². The van der Waals surface area contributed by atoms with Crippen LogP contribution in [0.4, 0.5) is 0 Å². The van der Waals surface area contributed by atoms with Gasteiger partial charge in [-0.3, -0.25) is 19.7 Å². The zero-order chi connectivity index (χ0) is 15.1. The average molecular weight is 271 g/mol. The van der Waals surface area contributed by atoms with E-state index >= 15 is 0 Å². The molecule has 0 bridgehead atoms. The first kappa shape index (κ1) is 17.8. The summed E-state index contributed by atoms with van der Waals surface area (Å²) in [6, 6.07) is -0.791. The maximum atomic E-state index is 12.0. The maximum absolute atomic E-state index is 12.0. The van der Waals surface area contributed by atoms with Crippen LogP contribution in [-0.4, -0.2) is 34.2 Å². The Morgan fingerprint density at radius 3 is 2.00 bits per heavy atom. The molecule has 0 heterocycles. The third-order valence-electron chi connectivity index (χ3n) is 3.60. The van der Waals surface area contributed by atoms with Gasteiger partial charge in [0.25, 0.3) is 0 Å². The minimum Gasteiger partial charge on any atom is -0.481 e. The van der Waals surface area contributed by atoms with E-state index in [2.05, 4.69) is 5.32 Å². The van der Waals surface area contributed by atoms with Crippen molar-refractivity contribution in [3.63, 3.8) is 0 Å². The molecule has 0 amide bonds. The number of carbonyl (C=O) groups excluding carboxylic acids is 2. The normalized spacial score (nSPS) is 13.1. The minimum atomic E-state index is -1.04. The Balaban J connectivity index is 5.10. The number of aliphatic carboxylic acids is 1. The monoisotopic (exact) mass is 271 g/mol. The first-order valence-electron chi connectivity index (χ1n) is 6.86. The molecule has 1 atom stereocenters. The number of ketones is 2. The predicted octanol–water partition coefficient (Wildman–Crippen LogP) is 1.94. The molecule has 0 spiro atoms. The molecule has 0 aliphatic rings. The largest absolute Gasteiger partial charge is 0.481 e. The lowest BCUT2D eigenvalue weighted by Gasteiger charge is -2.34. The molecular weight excluding hydrogens is 246 g/mol. The highest BCUT2D eigenvalue weighted by molar-refractivity contribution is 5.90. The molecule has 5 nitrogen and oxygen atoms in total. The Morgan fingerprint density at radius 2 is 1.68 bits per heavy atom. The third-order valence-corrected chi connectivity index (χ3v) is 3.60. The SMILES string of the molecule is CCCC(=O)[C@H](CC(=O)O)NC(CC)(CC)C(C)=O. The van der Waals surface area contributed by atoms with Crippen LogP contribution in [0.5, 0.6) is 0 Å². The van der Waals surface area contributed by atoms with Crippen molar-refractivity contribution in [3.8, 4) is 0 Å². The quantitative estimate of drug-likeness (QED) is 0.634. The zero-order valence-corrected chi connectivity index (χ0v) is 12.3. The van der Waals surface area contributed by atoms with Gasteiger partial charge in [0, 0.05) is 6.42 Å². The van der Waals surface area contributed by atoms with Crippen molar-refractivity contribution in [1.82, 2.24) is 5.32 Å². The van der Waals surface area contributed by atoms with Crippen molar-refractivity contribution in [1.29, 1.82) is 0 Å². The van der Waals surface area contributed by atoms with Gasteiger partial charge < -0.3 is 5.11 Å². The fraction of sp³-hybridized carbons (Fsp3) is 0.786. The van der Waals surface area contributed by atoms with E-state index in [0.29, 0.717) is 25.7 Å². The number of hydrogen-bond donors (Lipinski definition) is 2. The minimum absolute atomic E-state index is 0.0582. The Bertz CT molecular complexity index is 334. The van der Waals surface area contributed by atoms with Gasteiger partial charge in [-0.25, -0.2) is 0 Å². The van der Waals surface area contributed by atoms with E-state index in [9.17, 15) is 14.4 Å². The van der Waals surface area contributed by atoms with E-state index in [0.717, 1.165) is 0 Å². The van der Waals surface area contributed by atoms with Gasteiger partial charge in [0.2, 0.25) is 0 Å². The summed E-state index contributed by atoms with van der Waals surface area (Å²) in [6.07, 6.45) is 1.78. The molecule has 0 aliphatic heterocycles. The summed E-state index contributed by atoms with van der Waals surface area (Å²) in [5.41, 5.74) is -0.802. The van der Waals surface area contributed by atoms with Gasteiger partial charge in [0.05, 0.1) is 18.0 Å². The molecule has 0 aromatic rings. The van der Waals surface area contributed by atoms with Crippen LogP contribution in [0.2, 0.25) is 0 Å². The zero-order valence-electron chi connectivity index (χ0n) is 12.3. The summed E-state index contributed by atoms with van der Waals surface area (Å²) in [5, 5.41) is 11.9. The van der Waals surface area contributed by atoms with Gasteiger partial charge in [-0.2, -0.15) is 0 Å². The van der Waals surface area contributed by atoms with E-state index < -0.39 is 17.6 Å². The van der Waals surface area contributed by atoms with Gasteiger partial charge in [0.1, 0.15) is 11.6 Å². The van der Waals surface area contributed by atoms with Crippen LogP contribution in [0.25, 0.3) is 0 Å². The molecule has 0 rings (SSSR count).